The van der Waals surface area contributed by atoms with Crippen molar-refractivity contribution in [2.45, 2.75) is 37.0 Å². The summed E-state index contributed by atoms with van der Waals surface area (Å²) in [7, 11) is 0. The van der Waals surface area contributed by atoms with Gasteiger partial charge in [-0.2, -0.15) is 0 Å². The van der Waals surface area contributed by atoms with E-state index in [0.29, 0.717) is 12.3 Å². The molecule has 0 unspecified atom stereocenters. The third-order valence-corrected chi connectivity index (χ3v) is 5.11. The van der Waals surface area contributed by atoms with Crippen molar-refractivity contribution in [1.29, 1.82) is 0 Å². The summed E-state index contributed by atoms with van der Waals surface area (Å²) in [5, 5.41) is 12.5. The summed E-state index contributed by atoms with van der Waals surface area (Å²) in [6.45, 7) is 0.685. The molecule has 1 amide bonds. The monoisotopic (exact) mass is 311 g/mol. The molecule has 21 heavy (non-hydrogen) atoms. The smallest absolute Gasteiger partial charge is 0.230 e. The molecule has 5 heteroatoms. The molecule has 0 radical (unpaired) electrons. The highest BCUT2D eigenvalue weighted by molar-refractivity contribution is 8.00. The van der Waals surface area contributed by atoms with Crippen LogP contribution >= 0.6 is 11.8 Å². The summed E-state index contributed by atoms with van der Waals surface area (Å²) in [4.78, 5) is 12.8. The van der Waals surface area contributed by atoms with Crippen LogP contribution in [0.2, 0.25) is 0 Å². The third kappa shape index (κ3) is 5.00. The van der Waals surface area contributed by atoms with Crippen molar-refractivity contribution < 1.29 is 14.3 Å². The summed E-state index contributed by atoms with van der Waals surface area (Å²) >= 11 is 1.39. The average Bonchev–Trinajstić information content (AvgIpc) is 2.53. The molecule has 1 fully saturated rings. The summed E-state index contributed by atoms with van der Waals surface area (Å²) in [6.07, 6.45) is 5.43. The number of aliphatic hydroxyl groups is 1. The molecule has 0 atom stereocenters. The van der Waals surface area contributed by atoms with E-state index in [9.17, 15) is 14.3 Å². The van der Waals surface area contributed by atoms with Gasteiger partial charge in [-0.1, -0.05) is 19.3 Å². The van der Waals surface area contributed by atoms with Gasteiger partial charge >= 0.3 is 0 Å². The minimum atomic E-state index is -0.272. The summed E-state index contributed by atoms with van der Waals surface area (Å²) in [5.41, 5.74) is -0.131. The topological polar surface area (TPSA) is 49.3 Å². The maximum Gasteiger partial charge on any atom is 0.230 e. The fraction of sp³-hybridized carbons (Fsp3) is 0.562. The van der Waals surface area contributed by atoms with Crippen molar-refractivity contribution in [3.63, 3.8) is 0 Å². The molecule has 2 rings (SSSR count). The zero-order chi connectivity index (χ0) is 15.1. The van der Waals surface area contributed by atoms with Crippen LogP contribution in [-0.4, -0.2) is 29.9 Å². The first kappa shape index (κ1) is 16.3. The Labute approximate surface area is 129 Å². The van der Waals surface area contributed by atoms with Gasteiger partial charge in [-0.05, 0) is 37.1 Å². The van der Waals surface area contributed by atoms with Crippen molar-refractivity contribution in [2.75, 3.05) is 18.9 Å². The number of benzene rings is 1. The van der Waals surface area contributed by atoms with Crippen molar-refractivity contribution in [1.82, 2.24) is 5.32 Å². The van der Waals surface area contributed by atoms with E-state index in [4.69, 9.17) is 0 Å². The second kappa shape index (κ2) is 7.80. The van der Waals surface area contributed by atoms with Crippen LogP contribution in [-0.2, 0) is 4.79 Å². The van der Waals surface area contributed by atoms with E-state index in [0.717, 1.165) is 30.6 Å². The molecule has 3 nitrogen and oxygen atoms in total. The average molecular weight is 311 g/mol. The first-order valence-electron chi connectivity index (χ1n) is 7.39. The van der Waals surface area contributed by atoms with Crippen LogP contribution in [0.1, 0.15) is 32.1 Å². The Balaban J connectivity index is 1.75. The van der Waals surface area contributed by atoms with Gasteiger partial charge in [-0.3, -0.25) is 4.79 Å². The zero-order valence-corrected chi connectivity index (χ0v) is 12.9. The van der Waals surface area contributed by atoms with Gasteiger partial charge < -0.3 is 10.4 Å². The van der Waals surface area contributed by atoms with Crippen molar-refractivity contribution >= 4 is 17.7 Å². The standard InChI is InChI=1S/C16H22FNO2S/c17-13-4-6-14(7-5-13)21-10-15(20)18-11-16(12-19)8-2-1-3-9-16/h4-7,19H,1-3,8-12H2,(H,18,20). The Kier molecular flexibility index (Phi) is 6.06. The molecule has 1 saturated carbocycles. The van der Waals surface area contributed by atoms with Gasteiger partial charge in [0.25, 0.3) is 0 Å². The number of carbonyl (C=O) groups excluding carboxylic acids is 1. The van der Waals surface area contributed by atoms with Gasteiger partial charge in [-0.25, -0.2) is 4.39 Å². The first-order valence-corrected chi connectivity index (χ1v) is 8.38. The Morgan fingerprint density at radius 2 is 1.90 bits per heavy atom. The quantitative estimate of drug-likeness (QED) is 0.794. The maximum absolute atomic E-state index is 12.8. The highest BCUT2D eigenvalue weighted by Crippen LogP contribution is 2.35. The van der Waals surface area contributed by atoms with Gasteiger partial charge in [0, 0.05) is 16.9 Å². The molecule has 0 heterocycles. The highest BCUT2D eigenvalue weighted by Gasteiger charge is 2.31. The molecule has 0 spiro atoms. The van der Waals surface area contributed by atoms with E-state index in [2.05, 4.69) is 5.32 Å². The van der Waals surface area contributed by atoms with E-state index < -0.39 is 0 Å². The van der Waals surface area contributed by atoms with Gasteiger partial charge in [0.1, 0.15) is 5.82 Å². The van der Waals surface area contributed by atoms with E-state index >= 15 is 0 Å². The van der Waals surface area contributed by atoms with Crippen LogP contribution in [0.3, 0.4) is 0 Å². The van der Waals surface area contributed by atoms with Gasteiger partial charge in [0.05, 0.1) is 12.4 Å². The number of thioether (sulfide) groups is 1. The van der Waals surface area contributed by atoms with Crippen LogP contribution in [0, 0.1) is 11.2 Å². The lowest BCUT2D eigenvalue weighted by atomic mass is 9.74. The minimum Gasteiger partial charge on any atom is -0.396 e. The largest absolute Gasteiger partial charge is 0.396 e. The maximum atomic E-state index is 12.8. The van der Waals surface area contributed by atoms with E-state index in [1.165, 1.54) is 30.3 Å². The molecule has 1 aliphatic rings. The number of aliphatic hydroxyl groups excluding tert-OH is 1. The molecule has 0 saturated heterocycles. The fourth-order valence-electron chi connectivity index (χ4n) is 2.71. The van der Waals surface area contributed by atoms with Crippen LogP contribution in [0.5, 0.6) is 0 Å². The Morgan fingerprint density at radius 1 is 1.24 bits per heavy atom. The van der Waals surface area contributed by atoms with Crippen molar-refractivity contribution in [3.8, 4) is 0 Å². The van der Waals surface area contributed by atoms with Crippen LogP contribution in [0.15, 0.2) is 29.2 Å². The predicted octanol–water partition coefficient (Wildman–Crippen LogP) is 2.98. The summed E-state index contributed by atoms with van der Waals surface area (Å²) < 4.78 is 12.8. The Hall–Kier alpha value is -1.07. The third-order valence-electron chi connectivity index (χ3n) is 4.09. The number of carbonyl (C=O) groups is 1. The molecule has 1 aromatic carbocycles. The highest BCUT2D eigenvalue weighted by atomic mass is 32.2. The summed E-state index contributed by atoms with van der Waals surface area (Å²) in [6, 6.07) is 6.12. The molecule has 0 aliphatic heterocycles. The number of hydrogen-bond acceptors (Lipinski definition) is 3. The normalized spacial score (nSPS) is 17.4. The Bertz CT molecular complexity index is 458. The van der Waals surface area contributed by atoms with Gasteiger partial charge in [0.2, 0.25) is 5.91 Å². The molecule has 2 N–H and O–H groups in total. The molecule has 1 aliphatic carbocycles. The molecular weight excluding hydrogens is 289 g/mol. The molecule has 0 bridgehead atoms. The molecular formula is C16H22FNO2S. The van der Waals surface area contributed by atoms with Crippen LogP contribution < -0.4 is 5.32 Å². The van der Waals surface area contributed by atoms with E-state index in [1.807, 2.05) is 0 Å². The molecule has 0 aromatic heterocycles. The second-order valence-electron chi connectivity index (χ2n) is 5.74. The lowest BCUT2D eigenvalue weighted by molar-refractivity contribution is -0.119. The SMILES string of the molecule is O=C(CSc1ccc(F)cc1)NCC1(CO)CCCCC1. The minimum absolute atomic E-state index is 0.0391. The lowest BCUT2D eigenvalue weighted by Gasteiger charge is -2.35. The fourth-order valence-corrected chi connectivity index (χ4v) is 3.44. The number of amides is 1. The van der Waals surface area contributed by atoms with Crippen molar-refractivity contribution in [3.05, 3.63) is 30.1 Å². The second-order valence-corrected chi connectivity index (χ2v) is 6.79. The van der Waals surface area contributed by atoms with Gasteiger partial charge in [0.15, 0.2) is 0 Å². The zero-order valence-electron chi connectivity index (χ0n) is 12.1. The number of nitrogens with one attached hydrogen (secondary N) is 1. The lowest BCUT2D eigenvalue weighted by Crippen LogP contribution is -2.42. The Morgan fingerprint density at radius 3 is 2.52 bits per heavy atom. The summed E-state index contributed by atoms with van der Waals surface area (Å²) in [5.74, 6) is 0.00126. The molecule has 116 valence electrons. The number of halogens is 1. The van der Waals surface area contributed by atoms with Gasteiger partial charge in [-0.15, -0.1) is 11.8 Å². The van der Waals surface area contributed by atoms with E-state index in [1.54, 1.807) is 12.1 Å². The van der Waals surface area contributed by atoms with Crippen LogP contribution in [0.4, 0.5) is 4.39 Å². The van der Waals surface area contributed by atoms with E-state index in [-0.39, 0.29) is 23.7 Å². The van der Waals surface area contributed by atoms with Crippen molar-refractivity contribution in [2.24, 2.45) is 5.41 Å². The molecule has 1 aromatic rings. The predicted molar refractivity (Wildman–Crippen MR) is 82.7 cm³/mol. The first-order chi connectivity index (χ1) is 10.1. The van der Waals surface area contributed by atoms with Crippen LogP contribution in [0.25, 0.3) is 0 Å². The number of hydrogen-bond donors (Lipinski definition) is 2. The number of rotatable bonds is 6.